The minimum atomic E-state index is -0.0505. The molecule has 1 aliphatic rings. The van der Waals surface area contributed by atoms with Gasteiger partial charge in [-0.2, -0.15) is 0 Å². The molecule has 21 heavy (non-hydrogen) atoms. The minimum absolute atomic E-state index is 0.0505. The maximum atomic E-state index is 12.0. The van der Waals surface area contributed by atoms with Crippen molar-refractivity contribution >= 4 is 11.6 Å². The number of rotatable bonds is 5. The van der Waals surface area contributed by atoms with E-state index in [1.807, 2.05) is 0 Å². The number of hydrogen-bond donors (Lipinski definition) is 2. The van der Waals surface area contributed by atoms with E-state index in [1.54, 1.807) is 24.3 Å². The third-order valence-corrected chi connectivity index (χ3v) is 4.15. The van der Waals surface area contributed by atoms with Gasteiger partial charge in [0.25, 0.3) is 5.91 Å². The van der Waals surface area contributed by atoms with Crippen LogP contribution in [0, 0.1) is 0 Å². The van der Waals surface area contributed by atoms with Crippen LogP contribution in [0.25, 0.3) is 0 Å². The van der Waals surface area contributed by atoms with Gasteiger partial charge >= 0.3 is 0 Å². The summed E-state index contributed by atoms with van der Waals surface area (Å²) < 4.78 is 0. The summed E-state index contributed by atoms with van der Waals surface area (Å²) in [6.07, 6.45) is 2.41. The van der Waals surface area contributed by atoms with Crippen molar-refractivity contribution in [1.82, 2.24) is 15.1 Å². The highest BCUT2D eigenvalue weighted by Crippen LogP contribution is 2.13. The molecule has 1 heterocycles. The molecule has 3 N–H and O–H groups in total. The molecule has 0 saturated carbocycles. The summed E-state index contributed by atoms with van der Waals surface area (Å²) in [6.45, 7) is 3.81. The summed E-state index contributed by atoms with van der Waals surface area (Å²) in [5.74, 6) is -0.0505. The average molecular weight is 290 g/mol. The van der Waals surface area contributed by atoms with Crippen LogP contribution in [0.4, 0.5) is 5.69 Å². The van der Waals surface area contributed by atoms with Crippen LogP contribution in [0.5, 0.6) is 0 Å². The number of nitrogens with one attached hydrogen (secondary N) is 1. The largest absolute Gasteiger partial charge is 0.399 e. The van der Waals surface area contributed by atoms with E-state index >= 15 is 0 Å². The second-order valence-corrected chi connectivity index (χ2v) is 5.92. The fourth-order valence-electron chi connectivity index (χ4n) is 2.77. The van der Waals surface area contributed by atoms with Gasteiger partial charge in [0, 0.05) is 30.4 Å². The third kappa shape index (κ3) is 4.72. The zero-order valence-corrected chi connectivity index (χ0v) is 13.0. The lowest BCUT2D eigenvalue weighted by Gasteiger charge is -2.35. The Morgan fingerprint density at radius 2 is 2.10 bits per heavy atom. The Labute approximate surface area is 127 Å². The minimum Gasteiger partial charge on any atom is -0.399 e. The van der Waals surface area contributed by atoms with Crippen LogP contribution in [0.1, 0.15) is 23.2 Å². The van der Waals surface area contributed by atoms with E-state index in [4.69, 9.17) is 5.73 Å². The van der Waals surface area contributed by atoms with Crippen molar-refractivity contribution in [3.63, 3.8) is 0 Å². The molecule has 1 aromatic carbocycles. The van der Waals surface area contributed by atoms with E-state index in [0.717, 1.165) is 19.6 Å². The lowest BCUT2D eigenvalue weighted by Crippen LogP contribution is -2.44. The van der Waals surface area contributed by atoms with Crippen LogP contribution >= 0.6 is 0 Å². The molecule has 0 spiro atoms. The van der Waals surface area contributed by atoms with Gasteiger partial charge in [-0.05, 0) is 58.2 Å². The Kier molecular flexibility index (Phi) is 5.59. The van der Waals surface area contributed by atoms with Crippen LogP contribution in [-0.4, -0.2) is 62.0 Å². The Morgan fingerprint density at radius 3 is 2.71 bits per heavy atom. The first kappa shape index (κ1) is 15.8. The number of carbonyl (C=O) groups is 1. The van der Waals surface area contributed by atoms with Gasteiger partial charge in [-0.1, -0.05) is 6.07 Å². The lowest BCUT2D eigenvalue weighted by molar-refractivity contribution is 0.0940. The van der Waals surface area contributed by atoms with Crippen LogP contribution in [0.2, 0.25) is 0 Å². The first-order valence-corrected chi connectivity index (χ1v) is 7.59. The monoisotopic (exact) mass is 290 g/mol. The molecule has 1 aromatic rings. The highest BCUT2D eigenvalue weighted by molar-refractivity contribution is 5.94. The van der Waals surface area contributed by atoms with Crippen LogP contribution in [0.15, 0.2) is 24.3 Å². The first-order valence-electron chi connectivity index (χ1n) is 7.59. The van der Waals surface area contributed by atoms with E-state index in [1.165, 1.54) is 12.8 Å². The number of nitrogens with zero attached hydrogens (tertiary/aromatic N) is 2. The standard InChI is InChI=1S/C16H26N4O/c1-19(2)15-6-9-20(10-7-15)11-8-18-16(21)13-4-3-5-14(17)12-13/h3-5,12,15H,6-11,17H2,1-2H3,(H,18,21). The quantitative estimate of drug-likeness (QED) is 0.795. The van der Waals surface area contributed by atoms with E-state index in [-0.39, 0.29) is 5.91 Å². The predicted octanol–water partition coefficient (Wildman–Crippen LogP) is 1.02. The van der Waals surface area contributed by atoms with Gasteiger partial charge in [-0.3, -0.25) is 4.79 Å². The van der Waals surface area contributed by atoms with Gasteiger partial charge in [-0.25, -0.2) is 0 Å². The summed E-state index contributed by atoms with van der Waals surface area (Å²) in [5.41, 5.74) is 6.93. The molecule has 5 nitrogen and oxygen atoms in total. The Balaban J connectivity index is 1.69. The molecule has 1 amide bonds. The number of benzene rings is 1. The number of likely N-dealkylation sites (tertiary alicyclic amines) is 1. The molecule has 1 aliphatic heterocycles. The molecule has 0 aromatic heterocycles. The summed E-state index contributed by atoms with van der Waals surface area (Å²) >= 11 is 0. The summed E-state index contributed by atoms with van der Waals surface area (Å²) in [5, 5.41) is 2.96. The zero-order valence-electron chi connectivity index (χ0n) is 13.0. The number of nitrogens with two attached hydrogens (primary N) is 1. The van der Waals surface area contributed by atoms with Gasteiger partial charge in [0.2, 0.25) is 0 Å². The van der Waals surface area contributed by atoms with Crippen molar-refractivity contribution in [2.24, 2.45) is 0 Å². The van der Waals surface area contributed by atoms with Gasteiger partial charge in [0.05, 0.1) is 0 Å². The van der Waals surface area contributed by atoms with Gasteiger partial charge in [-0.15, -0.1) is 0 Å². The van der Waals surface area contributed by atoms with Crippen molar-refractivity contribution in [3.8, 4) is 0 Å². The Morgan fingerprint density at radius 1 is 1.38 bits per heavy atom. The van der Waals surface area contributed by atoms with Crippen molar-refractivity contribution < 1.29 is 4.79 Å². The van der Waals surface area contributed by atoms with E-state index in [9.17, 15) is 4.79 Å². The van der Waals surface area contributed by atoms with E-state index in [0.29, 0.717) is 23.8 Å². The van der Waals surface area contributed by atoms with E-state index < -0.39 is 0 Å². The zero-order chi connectivity index (χ0) is 15.2. The summed E-state index contributed by atoms with van der Waals surface area (Å²) in [6, 6.07) is 7.77. The predicted molar refractivity (Wildman–Crippen MR) is 86.3 cm³/mol. The van der Waals surface area contributed by atoms with Crippen molar-refractivity contribution in [3.05, 3.63) is 29.8 Å². The van der Waals surface area contributed by atoms with Gasteiger partial charge in [0.1, 0.15) is 0 Å². The van der Waals surface area contributed by atoms with Crippen LogP contribution in [0.3, 0.4) is 0 Å². The molecule has 116 valence electrons. The van der Waals surface area contributed by atoms with Crippen LogP contribution in [-0.2, 0) is 0 Å². The van der Waals surface area contributed by atoms with Gasteiger partial charge in [0.15, 0.2) is 0 Å². The topological polar surface area (TPSA) is 61.6 Å². The average Bonchev–Trinajstić information content (AvgIpc) is 2.47. The Hall–Kier alpha value is -1.59. The fourth-order valence-corrected chi connectivity index (χ4v) is 2.77. The maximum Gasteiger partial charge on any atom is 0.251 e. The number of hydrogen-bond acceptors (Lipinski definition) is 4. The van der Waals surface area contributed by atoms with Crippen molar-refractivity contribution in [2.45, 2.75) is 18.9 Å². The molecular formula is C16H26N4O. The second-order valence-electron chi connectivity index (χ2n) is 5.92. The fraction of sp³-hybridized carbons (Fsp3) is 0.562. The number of carbonyl (C=O) groups excluding carboxylic acids is 1. The first-order chi connectivity index (χ1) is 10.1. The number of nitrogen functional groups attached to an aromatic ring is 1. The van der Waals surface area contributed by atoms with Gasteiger partial charge < -0.3 is 20.9 Å². The molecule has 0 aliphatic carbocycles. The molecule has 5 heteroatoms. The van der Waals surface area contributed by atoms with Crippen LogP contribution < -0.4 is 11.1 Å². The van der Waals surface area contributed by atoms with E-state index in [2.05, 4.69) is 29.2 Å². The summed E-state index contributed by atoms with van der Waals surface area (Å²) in [4.78, 5) is 16.7. The molecular weight excluding hydrogens is 264 g/mol. The molecule has 0 bridgehead atoms. The lowest BCUT2D eigenvalue weighted by atomic mass is 10.0. The SMILES string of the molecule is CN(C)C1CCN(CCNC(=O)c2cccc(N)c2)CC1. The molecule has 1 saturated heterocycles. The maximum absolute atomic E-state index is 12.0. The molecule has 0 unspecified atom stereocenters. The highest BCUT2D eigenvalue weighted by atomic mass is 16.1. The van der Waals surface area contributed by atoms with Crippen molar-refractivity contribution in [1.29, 1.82) is 0 Å². The summed E-state index contributed by atoms with van der Waals surface area (Å²) in [7, 11) is 4.29. The molecule has 0 atom stereocenters. The van der Waals surface area contributed by atoms with Crippen molar-refractivity contribution in [2.75, 3.05) is 46.0 Å². The molecule has 2 rings (SSSR count). The number of piperidine rings is 1. The number of amides is 1. The molecule has 1 fully saturated rings. The second kappa shape index (κ2) is 7.43. The normalized spacial score (nSPS) is 17.1. The smallest absolute Gasteiger partial charge is 0.251 e. The third-order valence-electron chi connectivity index (χ3n) is 4.15. The Bertz CT molecular complexity index is 467. The number of anilines is 1. The highest BCUT2D eigenvalue weighted by Gasteiger charge is 2.20. The molecule has 0 radical (unpaired) electrons.